The monoisotopic (exact) mass is 310 g/mol. The van der Waals surface area contributed by atoms with Crippen LogP contribution in [0.25, 0.3) is 0 Å². The molecule has 1 N–H and O–H groups in total. The van der Waals surface area contributed by atoms with E-state index in [1.165, 1.54) is 0 Å². The van der Waals surface area contributed by atoms with E-state index < -0.39 is 11.5 Å². The van der Waals surface area contributed by atoms with Crippen LogP contribution < -0.4 is 0 Å². The van der Waals surface area contributed by atoms with Crippen LogP contribution in [0.15, 0.2) is 24.3 Å². The maximum Gasteiger partial charge on any atom is 0.312 e. The summed E-state index contributed by atoms with van der Waals surface area (Å²) in [6, 6.07) is 7.14. The van der Waals surface area contributed by atoms with E-state index in [-0.39, 0.29) is 17.8 Å². The van der Waals surface area contributed by atoms with Gasteiger partial charge in [-0.3, -0.25) is 4.79 Å². The molecule has 3 nitrogen and oxygen atoms in total. The topological polar surface area (TPSA) is 46.5 Å². The first-order chi connectivity index (χ1) is 9.91. The van der Waals surface area contributed by atoms with E-state index in [0.717, 1.165) is 18.4 Å². The van der Waals surface area contributed by atoms with Crippen molar-refractivity contribution in [2.45, 2.75) is 39.2 Å². The molecule has 1 aliphatic carbocycles. The minimum Gasteiger partial charge on any atom is -0.466 e. The third-order valence-electron chi connectivity index (χ3n) is 4.19. The highest BCUT2D eigenvalue weighted by atomic mass is 35.5. The molecule has 1 aromatic carbocycles. The lowest BCUT2D eigenvalue weighted by atomic mass is 9.72. The van der Waals surface area contributed by atoms with E-state index in [0.29, 0.717) is 11.6 Å². The minimum absolute atomic E-state index is 0.00896. The molecule has 0 spiro atoms. The number of benzene rings is 1. The van der Waals surface area contributed by atoms with Gasteiger partial charge in [-0.05, 0) is 49.3 Å². The van der Waals surface area contributed by atoms with E-state index in [2.05, 4.69) is 0 Å². The molecule has 2 atom stereocenters. The van der Waals surface area contributed by atoms with Gasteiger partial charge in [0.2, 0.25) is 0 Å². The number of ether oxygens (including phenoxy) is 1. The predicted molar refractivity (Wildman–Crippen MR) is 83.0 cm³/mol. The predicted octanol–water partition coefficient (Wildman–Crippen LogP) is 3.77. The van der Waals surface area contributed by atoms with E-state index in [1.54, 1.807) is 19.1 Å². The van der Waals surface area contributed by atoms with Crippen molar-refractivity contribution in [2.24, 2.45) is 17.8 Å². The molecule has 1 aliphatic rings. The Hall–Kier alpha value is -1.06. The van der Waals surface area contributed by atoms with Gasteiger partial charge in [0.1, 0.15) is 5.60 Å². The molecule has 1 aromatic rings. The molecule has 0 aliphatic heterocycles. The van der Waals surface area contributed by atoms with Crippen LogP contribution in [0.1, 0.15) is 39.2 Å². The quantitative estimate of drug-likeness (QED) is 0.814. The number of hydrogen-bond donors (Lipinski definition) is 1. The third kappa shape index (κ3) is 3.24. The van der Waals surface area contributed by atoms with Crippen LogP contribution in [0.4, 0.5) is 0 Å². The standard InChI is InChI=1S/C17H23ClO3/c1-4-21-16(19)15(11(2)3)17(20,12-5-6-12)13-7-9-14(18)10-8-13/h7-12,15,20H,4-6H2,1-3H3. The van der Waals surface area contributed by atoms with Crippen LogP contribution in [0.3, 0.4) is 0 Å². The largest absolute Gasteiger partial charge is 0.466 e. The van der Waals surface area contributed by atoms with Crippen molar-refractivity contribution in [1.29, 1.82) is 0 Å². The Balaban J connectivity index is 2.43. The highest BCUT2D eigenvalue weighted by molar-refractivity contribution is 6.30. The Morgan fingerprint density at radius 2 is 1.95 bits per heavy atom. The Labute approximate surface area is 131 Å². The number of esters is 1. The van der Waals surface area contributed by atoms with Gasteiger partial charge in [0.15, 0.2) is 0 Å². The number of carbonyl (C=O) groups is 1. The van der Waals surface area contributed by atoms with Crippen molar-refractivity contribution in [2.75, 3.05) is 6.61 Å². The Bertz CT molecular complexity index is 493. The molecule has 0 radical (unpaired) electrons. The lowest BCUT2D eigenvalue weighted by Gasteiger charge is -2.38. The van der Waals surface area contributed by atoms with Crippen LogP contribution in [0.5, 0.6) is 0 Å². The first-order valence-corrected chi connectivity index (χ1v) is 7.94. The summed E-state index contributed by atoms with van der Waals surface area (Å²) in [5.41, 5.74) is -0.425. The number of hydrogen-bond acceptors (Lipinski definition) is 3. The number of aliphatic hydroxyl groups is 1. The summed E-state index contributed by atoms with van der Waals surface area (Å²) < 4.78 is 5.21. The van der Waals surface area contributed by atoms with Gasteiger partial charge in [0.05, 0.1) is 12.5 Å². The first kappa shape index (κ1) is 16.3. The van der Waals surface area contributed by atoms with E-state index in [4.69, 9.17) is 16.3 Å². The van der Waals surface area contributed by atoms with Gasteiger partial charge in [-0.15, -0.1) is 0 Å². The van der Waals surface area contributed by atoms with E-state index in [9.17, 15) is 9.90 Å². The first-order valence-electron chi connectivity index (χ1n) is 7.56. The highest BCUT2D eigenvalue weighted by Crippen LogP contribution is 2.52. The average molecular weight is 311 g/mol. The summed E-state index contributed by atoms with van der Waals surface area (Å²) in [6.45, 7) is 6.01. The van der Waals surface area contributed by atoms with Gasteiger partial charge in [-0.1, -0.05) is 37.6 Å². The van der Waals surface area contributed by atoms with Gasteiger partial charge in [0.25, 0.3) is 0 Å². The zero-order valence-corrected chi connectivity index (χ0v) is 13.6. The molecule has 0 heterocycles. The second kappa shape index (κ2) is 6.37. The van der Waals surface area contributed by atoms with Crippen molar-refractivity contribution >= 4 is 17.6 Å². The number of halogens is 1. The lowest BCUT2D eigenvalue weighted by molar-refractivity contribution is -0.165. The molecule has 1 fully saturated rings. The van der Waals surface area contributed by atoms with Gasteiger partial charge in [-0.25, -0.2) is 0 Å². The maximum atomic E-state index is 12.4. The number of rotatable bonds is 6. The SMILES string of the molecule is CCOC(=O)C(C(C)C)C(O)(c1ccc(Cl)cc1)C1CC1. The molecule has 0 aromatic heterocycles. The summed E-state index contributed by atoms with van der Waals surface area (Å²) in [7, 11) is 0. The van der Waals surface area contributed by atoms with Crippen LogP contribution in [-0.4, -0.2) is 17.7 Å². The molecule has 0 saturated heterocycles. The second-order valence-electron chi connectivity index (χ2n) is 6.08. The normalized spacial score (nSPS) is 19.1. The third-order valence-corrected chi connectivity index (χ3v) is 4.44. The summed E-state index contributed by atoms with van der Waals surface area (Å²) in [5, 5.41) is 12.0. The fourth-order valence-electron chi connectivity index (χ4n) is 3.10. The Morgan fingerprint density at radius 1 is 1.38 bits per heavy atom. The summed E-state index contributed by atoms with van der Waals surface area (Å²) in [6.07, 6.45) is 1.86. The van der Waals surface area contributed by atoms with E-state index in [1.807, 2.05) is 26.0 Å². The van der Waals surface area contributed by atoms with Gasteiger partial charge < -0.3 is 9.84 Å². The average Bonchev–Trinajstić information content (AvgIpc) is 3.23. The van der Waals surface area contributed by atoms with Crippen LogP contribution in [-0.2, 0) is 15.1 Å². The zero-order valence-electron chi connectivity index (χ0n) is 12.8. The van der Waals surface area contributed by atoms with Crippen molar-refractivity contribution in [1.82, 2.24) is 0 Å². The zero-order chi connectivity index (χ0) is 15.6. The van der Waals surface area contributed by atoms with Crippen molar-refractivity contribution in [3.8, 4) is 0 Å². The van der Waals surface area contributed by atoms with Crippen molar-refractivity contribution in [3.05, 3.63) is 34.9 Å². The highest BCUT2D eigenvalue weighted by Gasteiger charge is 2.54. The Morgan fingerprint density at radius 3 is 2.38 bits per heavy atom. The molecule has 21 heavy (non-hydrogen) atoms. The van der Waals surface area contributed by atoms with Gasteiger partial charge in [-0.2, -0.15) is 0 Å². The smallest absolute Gasteiger partial charge is 0.312 e. The van der Waals surface area contributed by atoms with Crippen LogP contribution in [0, 0.1) is 17.8 Å². The number of carbonyl (C=O) groups excluding carboxylic acids is 1. The van der Waals surface area contributed by atoms with Gasteiger partial charge >= 0.3 is 5.97 Å². The van der Waals surface area contributed by atoms with Crippen LogP contribution in [0.2, 0.25) is 5.02 Å². The molecular formula is C17H23ClO3. The molecule has 0 amide bonds. The summed E-state index contributed by atoms with van der Waals surface area (Å²) in [5.74, 6) is -0.788. The van der Waals surface area contributed by atoms with E-state index >= 15 is 0 Å². The minimum atomic E-state index is -1.18. The molecule has 4 heteroatoms. The summed E-state index contributed by atoms with van der Waals surface area (Å²) >= 11 is 5.94. The lowest BCUT2D eigenvalue weighted by Crippen LogP contribution is -2.45. The maximum absolute atomic E-state index is 12.4. The Kier molecular flexibility index (Phi) is 4.95. The molecule has 0 bridgehead atoms. The second-order valence-corrected chi connectivity index (χ2v) is 6.52. The van der Waals surface area contributed by atoms with Crippen molar-refractivity contribution < 1.29 is 14.6 Å². The summed E-state index contributed by atoms with van der Waals surface area (Å²) in [4.78, 5) is 12.4. The van der Waals surface area contributed by atoms with Crippen molar-refractivity contribution in [3.63, 3.8) is 0 Å². The molecule has 2 unspecified atom stereocenters. The van der Waals surface area contributed by atoms with Gasteiger partial charge in [0, 0.05) is 5.02 Å². The fraction of sp³-hybridized carbons (Fsp3) is 0.588. The van der Waals surface area contributed by atoms with Crippen LogP contribution >= 0.6 is 11.6 Å². The molecule has 1 saturated carbocycles. The fourth-order valence-corrected chi connectivity index (χ4v) is 3.23. The molecule has 2 rings (SSSR count). The molecular weight excluding hydrogens is 288 g/mol. The molecule has 116 valence electrons.